The summed E-state index contributed by atoms with van der Waals surface area (Å²) in [4.78, 5) is 0. The summed E-state index contributed by atoms with van der Waals surface area (Å²) in [6, 6.07) is 27.1. The Bertz CT molecular complexity index is 1840. The highest BCUT2D eigenvalue weighted by molar-refractivity contribution is 7.63. The molecule has 6 rings (SSSR count). The van der Waals surface area contributed by atoms with E-state index in [0.29, 0.717) is 33.3 Å². The van der Waals surface area contributed by atoms with Gasteiger partial charge in [0.25, 0.3) is 0 Å². The van der Waals surface area contributed by atoms with Gasteiger partial charge in [0.1, 0.15) is 23.2 Å². The van der Waals surface area contributed by atoms with Crippen LogP contribution in [0.25, 0.3) is 16.9 Å². The zero-order chi connectivity index (χ0) is 31.5. The molecule has 0 aliphatic carbocycles. The number of halogens is 2. The first-order chi connectivity index (χ1) is 21.1. The normalized spacial score (nSPS) is 20.5. The van der Waals surface area contributed by atoms with Crippen LogP contribution in [0.2, 0.25) is 0 Å². The summed E-state index contributed by atoms with van der Waals surface area (Å²) >= 11 is 0. The van der Waals surface area contributed by atoms with Crippen molar-refractivity contribution < 1.29 is 36.0 Å². The molecule has 2 aliphatic heterocycles. The molecule has 6 nitrogen and oxygen atoms in total. The lowest BCUT2D eigenvalue weighted by Crippen LogP contribution is -2.20. The first-order valence-corrected chi connectivity index (χ1v) is 17.2. The van der Waals surface area contributed by atoms with E-state index in [-0.39, 0.29) is 24.8 Å². The minimum Gasteiger partial charge on any atom is -0.425 e. The van der Waals surface area contributed by atoms with Crippen molar-refractivity contribution in [1.82, 2.24) is 0 Å². The first-order valence-electron chi connectivity index (χ1n) is 14.1. The van der Waals surface area contributed by atoms with Gasteiger partial charge in [-0.15, -0.1) is 0 Å². The fourth-order valence-electron chi connectivity index (χ4n) is 5.17. The van der Waals surface area contributed by atoms with Gasteiger partial charge in [0, 0.05) is 27.8 Å². The summed E-state index contributed by atoms with van der Waals surface area (Å²) in [6.07, 6.45) is 0. The van der Waals surface area contributed by atoms with Gasteiger partial charge in [0.2, 0.25) is 0 Å². The molecule has 0 amide bonds. The average molecular weight is 637 g/mol. The predicted molar refractivity (Wildman–Crippen MR) is 170 cm³/mol. The van der Waals surface area contributed by atoms with E-state index in [1.807, 2.05) is 67.6 Å². The third-order valence-electron chi connectivity index (χ3n) is 7.04. The molecule has 2 unspecified atom stereocenters. The largest absolute Gasteiger partial charge is 0.425 e. The van der Waals surface area contributed by atoms with Crippen LogP contribution in [0.15, 0.2) is 103 Å². The molecule has 0 radical (unpaired) electrons. The van der Waals surface area contributed by atoms with Crippen molar-refractivity contribution in [1.29, 1.82) is 0 Å². The zero-order valence-corrected chi connectivity index (χ0v) is 26.5. The molecule has 0 fully saturated rings. The van der Waals surface area contributed by atoms with Gasteiger partial charge < -0.3 is 9.05 Å². The fourth-order valence-corrected chi connectivity index (χ4v) is 8.88. The Labute approximate surface area is 256 Å². The molecule has 228 valence electrons. The van der Waals surface area contributed by atoms with Crippen molar-refractivity contribution in [3.8, 4) is 0 Å². The highest BCUT2D eigenvalue weighted by Gasteiger charge is 2.39. The van der Waals surface area contributed by atoms with Crippen molar-refractivity contribution in [3.63, 3.8) is 0 Å². The third kappa shape index (κ3) is 6.22. The summed E-state index contributed by atoms with van der Waals surface area (Å²) in [5, 5.41) is 0.813. The summed E-state index contributed by atoms with van der Waals surface area (Å²) < 4.78 is 75.6. The smallest absolute Gasteiger partial charge is 0.411 e. The summed E-state index contributed by atoms with van der Waals surface area (Å²) in [5.74, 6) is 0.178. The predicted octanol–water partition coefficient (Wildman–Crippen LogP) is 9.09. The van der Waals surface area contributed by atoms with Crippen LogP contribution in [0.1, 0.15) is 49.9 Å². The van der Waals surface area contributed by atoms with E-state index in [9.17, 15) is 17.9 Å². The molecule has 2 heterocycles. The van der Waals surface area contributed by atoms with Crippen LogP contribution in [-0.2, 0) is 27.2 Å². The molecule has 2 aliphatic rings. The molecule has 4 aromatic rings. The molecule has 0 aromatic heterocycles. The summed E-state index contributed by atoms with van der Waals surface area (Å²) in [5.41, 5.74) is 4.28. The van der Waals surface area contributed by atoms with Crippen molar-refractivity contribution in [3.05, 3.63) is 137 Å². The Morgan fingerprint density at radius 1 is 0.636 bits per heavy atom. The van der Waals surface area contributed by atoms with Crippen LogP contribution >= 0.6 is 15.2 Å². The van der Waals surface area contributed by atoms with Gasteiger partial charge in [-0.25, -0.2) is 17.9 Å². The van der Waals surface area contributed by atoms with Crippen LogP contribution in [0.3, 0.4) is 0 Å². The van der Waals surface area contributed by atoms with E-state index >= 15 is 0 Å². The molecule has 0 spiro atoms. The molecule has 44 heavy (non-hydrogen) atoms. The Hall–Kier alpha value is -3.80. The number of hydrogen-bond acceptors (Lipinski definition) is 6. The highest BCUT2D eigenvalue weighted by atomic mass is 31.2. The first kappa shape index (κ1) is 31.6. The minimum absolute atomic E-state index is 0.245. The monoisotopic (exact) mass is 636 g/mol. The number of rotatable bonds is 6. The van der Waals surface area contributed by atoms with Crippen LogP contribution in [-0.4, -0.2) is 13.2 Å². The van der Waals surface area contributed by atoms with Crippen molar-refractivity contribution >= 4 is 42.7 Å². The summed E-state index contributed by atoms with van der Waals surface area (Å²) in [7, 11) is -6.97. The Morgan fingerprint density at radius 2 is 1.11 bits per heavy atom. The van der Waals surface area contributed by atoms with Crippen LogP contribution in [0, 0.1) is 11.6 Å². The second-order valence-corrected chi connectivity index (χ2v) is 13.8. The van der Waals surface area contributed by atoms with Crippen LogP contribution < -0.4 is 10.6 Å². The van der Waals surface area contributed by atoms with Crippen LogP contribution in [0.5, 0.6) is 0 Å². The molecule has 0 bridgehead atoms. The highest BCUT2D eigenvalue weighted by Crippen LogP contribution is 2.57. The zero-order valence-electron chi connectivity index (χ0n) is 24.8. The molecule has 0 saturated carbocycles. The van der Waals surface area contributed by atoms with Gasteiger partial charge in [-0.1, -0.05) is 60.7 Å². The van der Waals surface area contributed by atoms with Crippen molar-refractivity contribution in [2.75, 3.05) is 13.2 Å². The summed E-state index contributed by atoms with van der Waals surface area (Å²) in [6.45, 7) is 7.55. The van der Waals surface area contributed by atoms with E-state index in [2.05, 4.69) is 0 Å². The maximum atomic E-state index is 13.8. The second kappa shape index (κ2) is 13.1. The molecule has 10 heteroatoms. The molecule has 4 aromatic carbocycles. The lowest BCUT2D eigenvalue weighted by atomic mass is 9.96. The molecule has 0 N–H and O–H groups in total. The maximum absolute atomic E-state index is 13.8. The van der Waals surface area contributed by atoms with E-state index in [1.165, 1.54) is 36.4 Å². The van der Waals surface area contributed by atoms with E-state index in [4.69, 9.17) is 18.1 Å². The van der Waals surface area contributed by atoms with Gasteiger partial charge in [0.15, 0.2) is 0 Å². The van der Waals surface area contributed by atoms with Gasteiger partial charge in [0.05, 0.1) is 23.8 Å². The molecular formula is C34H32F2O6P2. The maximum Gasteiger partial charge on any atom is 0.411 e. The molecule has 2 atom stereocenters. The van der Waals surface area contributed by atoms with Crippen LogP contribution in [0.4, 0.5) is 8.78 Å². The second-order valence-electron chi connectivity index (χ2n) is 9.95. The Kier molecular flexibility index (Phi) is 9.38. The lowest BCUT2D eigenvalue weighted by Gasteiger charge is -2.29. The quantitative estimate of drug-likeness (QED) is 0.197. The van der Waals surface area contributed by atoms with E-state index < -0.39 is 15.2 Å². The number of fused-ring (bicyclic) bond motifs is 2. The molecule has 0 saturated heterocycles. The number of allylic oxidation sites excluding steroid dienone is 2. The topological polar surface area (TPSA) is 71.1 Å². The average Bonchev–Trinajstić information content (AvgIpc) is 3.00. The Balaban J connectivity index is 0.000000175. The number of hydrogen-bond donors (Lipinski definition) is 0. The SMILES string of the molecule is CCOP1(=O)OC(C)=C(c2ccccc2)c2cc(F)ccc21.CCOP1(=O)OC(c2ccccc2)=C(C)c2cc(F)ccc21. The van der Waals surface area contributed by atoms with Crippen molar-refractivity contribution in [2.24, 2.45) is 0 Å². The molecular weight excluding hydrogens is 604 g/mol. The van der Waals surface area contributed by atoms with Gasteiger partial charge >= 0.3 is 15.2 Å². The number of benzene rings is 4. The minimum atomic E-state index is -3.51. The van der Waals surface area contributed by atoms with Gasteiger partial charge in [-0.3, -0.25) is 9.05 Å². The van der Waals surface area contributed by atoms with Gasteiger partial charge in [-0.2, -0.15) is 0 Å². The van der Waals surface area contributed by atoms with E-state index in [1.54, 1.807) is 20.8 Å². The van der Waals surface area contributed by atoms with E-state index in [0.717, 1.165) is 22.3 Å². The Morgan fingerprint density at radius 3 is 1.66 bits per heavy atom. The third-order valence-corrected chi connectivity index (χ3v) is 11.1. The standard InChI is InChI=1S/2C17H16FO3P/c1-3-20-22(19)16-10-9-14(18)11-15(16)17(12(2)21-22)13-7-5-4-6-8-13;1-3-20-22(19)16-10-9-14(18)11-15(16)12(2)17(21-22)13-7-5-4-6-8-13/h2*4-11H,3H2,1-2H3. The van der Waals surface area contributed by atoms with Gasteiger partial charge in [-0.05, 0) is 69.7 Å². The lowest BCUT2D eigenvalue weighted by molar-refractivity contribution is 0.259. The van der Waals surface area contributed by atoms with Crippen molar-refractivity contribution in [2.45, 2.75) is 27.7 Å². The fraction of sp³-hybridized carbons (Fsp3) is 0.176.